The third-order valence-corrected chi connectivity index (χ3v) is 6.33. The van der Waals surface area contributed by atoms with Crippen molar-refractivity contribution in [3.05, 3.63) is 28.3 Å². The second-order valence-electron chi connectivity index (χ2n) is 5.88. The van der Waals surface area contributed by atoms with Gasteiger partial charge in [-0.05, 0) is 31.4 Å². The van der Waals surface area contributed by atoms with Gasteiger partial charge in [-0.2, -0.15) is 4.31 Å². The van der Waals surface area contributed by atoms with Gasteiger partial charge in [-0.3, -0.25) is 10.1 Å². The molecule has 2 fully saturated rings. The van der Waals surface area contributed by atoms with Crippen LogP contribution >= 0.6 is 0 Å². The van der Waals surface area contributed by atoms with Crippen molar-refractivity contribution in [1.82, 2.24) is 9.62 Å². The smallest absolute Gasteiger partial charge is 0.312 e. The lowest BCUT2D eigenvalue weighted by molar-refractivity contribution is -0.386. The quantitative estimate of drug-likeness (QED) is 0.650. The molecule has 2 saturated heterocycles. The Labute approximate surface area is 134 Å². The topological polar surface area (TPSA) is 102 Å². The monoisotopic (exact) mass is 341 g/mol. The summed E-state index contributed by atoms with van der Waals surface area (Å²) in [5.74, 6) is 0.0468. The first-order chi connectivity index (χ1) is 10.9. The number of nitro benzene ring substituents is 1. The van der Waals surface area contributed by atoms with Crippen LogP contribution in [0.15, 0.2) is 23.1 Å². The fraction of sp³-hybridized carbons (Fsp3) is 0.571. The number of fused-ring (bicyclic) bond motifs is 2. The van der Waals surface area contributed by atoms with E-state index >= 15 is 0 Å². The zero-order valence-corrected chi connectivity index (χ0v) is 13.6. The summed E-state index contributed by atoms with van der Waals surface area (Å²) >= 11 is 0. The van der Waals surface area contributed by atoms with Gasteiger partial charge in [0, 0.05) is 31.2 Å². The number of nitro groups is 1. The minimum atomic E-state index is -3.76. The second kappa shape index (κ2) is 6.06. The first-order valence-electron chi connectivity index (χ1n) is 7.50. The van der Waals surface area contributed by atoms with Crippen LogP contribution in [-0.2, 0) is 10.0 Å². The van der Waals surface area contributed by atoms with E-state index in [9.17, 15) is 18.5 Å². The zero-order chi connectivity index (χ0) is 16.6. The largest absolute Gasteiger partial charge is 0.490 e. The van der Waals surface area contributed by atoms with Crippen molar-refractivity contribution in [2.24, 2.45) is 0 Å². The van der Waals surface area contributed by atoms with E-state index in [1.165, 1.54) is 23.5 Å². The highest BCUT2D eigenvalue weighted by Gasteiger charge is 2.35. The highest BCUT2D eigenvalue weighted by Crippen LogP contribution is 2.31. The van der Waals surface area contributed by atoms with E-state index in [1.807, 2.05) is 0 Å². The van der Waals surface area contributed by atoms with Gasteiger partial charge in [0.25, 0.3) is 0 Å². The predicted octanol–water partition coefficient (Wildman–Crippen LogP) is 1.12. The summed E-state index contributed by atoms with van der Waals surface area (Å²) in [5, 5.41) is 14.5. The molecule has 2 unspecified atom stereocenters. The summed E-state index contributed by atoms with van der Waals surface area (Å²) in [6, 6.07) is 4.28. The molecule has 1 aromatic rings. The van der Waals surface area contributed by atoms with Crippen LogP contribution in [0.3, 0.4) is 0 Å². The average Bonchev–Trinajstić information content (AvgIpc) is 2.84. The van der Waals surface area contributed by atoms with Gasteiger partial charge in [-0.1, -0.05) is 0 Å². The lowest BCUT2D eigenvalue weighted by atomic mass is 10.1. The Hall–Kier alpha value is -1.71. The Bertz CT molecular complexity index is 721. The van der Waals surface area contributed by atoms with E-state index in [-0.39, 0.29) is 22.4 Å². The number of nitrogens with one attached hydrogen (secondary N) is 1. The third-order valence-electron chi connectivity index (χ3n) is 4.47. The highest BCUT2D eigenvalue weighted by molar-refractivity contribution is 7.89. The van der Waals surface area contributed by atoms with Gasteiger partial charge >= 0.3 is 5.69 Å². The molecule has 1 aromatic carbocycles. The van der Waals surface area contributed by atoms with Gasteiger partial charge in [-0.15, -0.1) is 0 Å². The standard InChI is InChI=1S/C14H19N3O5S/c1-22-14-5-4-12(8-13(14)17(18)19)23(20,21)16-7-6-10-2-3-11(9-16)15-10/h4-5,8,10-11,15H,2-3,6-7,9H2,1H3. The third kappa shape index (κ3) is 3.04. The van der Waals surface area contributed by atoms with Crippen molar-refractivity contribution in [3.8, 4) is 5.75 Å². The van der Waals surface area contributed by atoms with Gasteiger partial charge in [0.1, 0.15) is 0 Å². The number of benzene rings is 1. The molecule has 0 aliphatic carbocycles. The summed E-state index contributed by atoms with van der Waals surface area (Å²) in [6.45, 7) is 0.828. The lowest BCUT2D eigenvalue weighted by Crippen LogP contribution is -2.39. The Morgan fingerprint density at radius 1 is 1.30 bits per heavy atom. The number of sulfonamides is 1. The van der Waals surface area contributed by atoms with Crippen LogP contribution in [0.25, 0.3) is 0 Å². The van der Waals surface area contributed by atoms with Crippen molar-refractivity contribution < 1.29 is 18.1 Å². The first kappa shape index (κ1) is 16.2. The first-order valence-corrected chi connectivity index (χ1v) is 8.94. The number of nitrogens with zero attached hydrogens (tertiary/aromatic N) is 2. The molecule has 3 rings (SSSR count). The van der Waals surface area contributed by atoms with Crippen LogP contribution in [0.5, 0.6) is 5.75 Å². The molecule has 0 spiro atoms. The normalized spacial score (nSPS) is 25.1. The van der Waals surface area contributed by atoms with Crippen molar-refractivity contribution in [2.45, 2.75) is 36.2 Å². The maximum absolute atomic E-state index is 12.8. The van der Waals surface area contributed by atoms with Crippen LogP contribution in [0.4, 0.5) is 5.69 Å². The SMILES string of the molecule is COc1ccc(S(=O)(=O)N2CCC3CCC(C2)N3)cc1[N+](=O)[O-]. The van der Waals surface area contributed by atoms with Crippen molar-refractivity contribution in [1.29, 1.82) is 0 Å². The highest BCUT2D eigenvalue weighted by atomic mass is 32.2. The van der Waals surface area contributed by atoms with Crippen molar-refractivity contribution >= 4 is 15.7 Å². The summed E-state index contributed by atoms with van der Waals surface area (Å²) in [6.07, 6.45) is 2.79. The predicted molar refractivity (Wildman–Crippen MR) is 83.0 cm³/mol. The molecule has 0 saturated carbocycles. The van der Waals surface area contributed by atoms with Crippen LogP contribution in [0, 0.1) is 10.1 Å². The van der Waals surface area contributed by atoms with E-state index in [0.29, 0.717) is 19.1 Å². The fourth-order valence-corrected chi connectivity index (χ4v) is 4.77. The molecule has 1 N–H and O–H groups in total. The molecule has 9 heteroatoms. The number of hydrogen-bond acceptors (Lipinski definition) is 6. The number of rotatable bonds is 4. The molecule has 2 atom stereocenters. The van der Waals surface area contributed by atoms with Crippen LogP contribution in [0.1, 0.15) is 19.3 Å². The maximum Gasteiger partial charge on any atom is 0.312 e. The summed E-state index contributed by atoms with van der Waals surface area (Å²) in [7, 11) is -2.44. The molecular formula is C14H19N3O5S. The van der Waals surface area contributed by atoms with Gasteiger partial charge in [0.2, 0.25) is 10.0 Å². The molecule has 2 heterocycles. The van der Waals surface area contributed by atoms with E-state index in [1.54, 1.807) is 0 Å². The van der Waals surface area contributed by atoms with Crippen LogP contribution in [0.2, 0.25) is 0 Å². The maximum atomic E-state index is 12.8. The van der Waals surface area contributed by atoms with Gasteiger partial charge in [-0.25, -0.2) is 8.42 Å². The molecule has 0 radical (unpaired) electrons. The second-order valence-corrected chi connectivity index (χ2v) is 7.82. The summed E-state index contributed by atoms with van der Waals surface area (Å²) in [4.78, 5) is 10.4. The Balaban J connectivity index is 1.93. The van der Waals surface area contributed by atoms with Crippen LogP contribution in [-0.4, -0.2) is 49.9 Å². The molecule has 23 heavy (non-hydrogen) atoms. The molecule has 8 nitrogen and oxygen atoms in total. The fourth-order valence-electron chi connectivity index (χ4n) is 3.25. The minimum absolute atomic E-state index is 0.0468. The Kier molecular flexibility index (Phi) is 4.26. The van der Waals surface area contributed by atoms with Gasteiger partial charge < -0.3 is 10.1 Å². The molecular weight excluding hydrogens is 322 g/mol. The lowest BCUT2D eigenvalue weighted by Gasteiger charge is -2.23. The number of ether oxygens (including phenoxy) is 1. The molecule has 2 aliphatic rings. The summed E-state index contributed by atoms with van der Waals surface area (Å²) in [5.41, 5.74) is -0.344. The molecule has 0 aromatic heterocycles. The Morgan fingerprint density at radius 3 is 2.74 bits per heavy atom. The van der Waals surface area contributed by atoms with Gasteiger partial charge in [0.05, 0.1) is 16.9 Å². The number of methoxy groups -OCH3 is 1. The zero-order valence-electron chi connectivity index (χ0n) is 12.8. The molecule has 0 amide bonds. The minimum Gasteiger partial charge on any atom is -0.490 e. The van der Waals surface area contributed by atoms with E-state index in [4.69, 9.17) is 4.74 Å². The van der Waals surface area contributed by atoms with E-state index in [2.05, 4.69) is 5.32 Å². The molecule has 2 bridgehead atoms. The van der Waals surface area contributed by atoms with Crippen molar-refractivity contribution in [3.63, 3.8) is 0 Å². The van der Waals surface area contributed by atoms with Crippen molar-refractivity contribution in [2.75, 3.05) is 20.2 Å². The average molecular weight is 341 g/mol. The Morgan fingerprint density at radius 2 is 2.04 bits per heavy atom. The summed E-state index contributed by atoms with van der Waals surface area (Å²) < 4.78 is 32.0. The van der Waals surface area contributed by atoms with E-state index < -0.39 is 14.9 Å². The van der Waals surface area contributed by atoms with Crippen LogP contribution < -0.4 is 10.1 Å². The van der Waals surface area contributed by atoms with Gasteiger partial charge in [0.15, 0.2) is 5.75 Å². The number of hydrogen-bond donors (Lipinski definition) is 1. The molecule has 2 aliphatic heterocycles. The van der Waals surface area contributed by atoms with E-state index in [0.717, 1.165) is 25.3 Å². The molecule has 126 valence electrons.